The van der Waals surface area contributed by atoms with Crippen LogP contribution >= 0.6 is 0 Å². The lowest BCUT2D eigenvalue weighted by atomic mass is 9.87. The lowest BCUT2D eigenvalue weighted by Gasteiger charge is -2.21. The molecule has 3 aromatic carbocycles. The standard InChI is InChI=1S/C50H52N14O7/c1-3-62(4-2)37-16-14-36(15-17-37)47-46(48(66)67)42(60-50(61-47)56-29-27-52-44-21-19-39(32-58-44)64(70)71)23-24-53-45(65)30-40(33-8-6-5-7-9-33)34-10-12-35(13-11-34)41-22-25-54-49(59-41)55-28-26-51-43-20-18-38(31-57-43)63(68)69/h5-22,25,31-32,40H,3-4,23-24,26-30H2,1-2H3,(H,51,57)(H,52,58)(H,53,65)(H,66,67)(H,54,55,59)(H,56,60,61). The highest BCUT2D eigenvalue weighted by Gasteiger charge is 2.24. The summed E-state index contributed by atoms with van der Waals surface area (Å²) < 4.78 is 0. The van der Waals surface area contributed by atoms with Crippen molar-refractivity contribution in [1.29, 1.82) is 0 Å². The summed E-state index contributed by atoms with van der Waals surface area (Å²) in [6, 6.07) is 32.7. The van der Waals surface area contributed by atoms with Crippen LogP contribution in [0.5, 0.6) is 0 Å². The highest BCUT2D eigenvalue weighted by molar-refractivity contribution is 5.96. The number of anilines is 5. The number of carboxylic acids is 1. The predicted molar refractivity (Wildman–Crippen MR) is 271 cm³/mol. The summed E-state index contributed by atoms with van der Waals surface area (Å²) in [5.74, 6) is -0.212. The molecular formula is C50H52N14O7. The minimum Gasteiger partial charge on any atom is -0.478 e. The fourth-order valence-corrected chi connectivity index (χ4v) is 7.73. The quantitative estimate of drug-likeness (QED) is 0.0182. The van der Waals surface area contributed by atoms with Crippen molar-refractivity contribution >= 4 is 52.5 Å². The molecule has 7 aromatic rings. The SMILES string of the molecule is CCN(CC)c1ccc(-c2nc(NCCNc3ccc([N+](=O)[O-])cn3)nc(CCNC(=O)CC(c3ccccc3)c3ccc(-c4ccnc(NCCNc5ccc([N+](=O)[O-])cn5)n4)cc3)c2C(=O)O)cc1. The van der Waals surface area contributed by atoms with Gasteiger partial charge in [-0.1, -0.05) is 66.7 Å². The number of hydrogen-bond donors (Lipinski definition) is 6. The third kappa shape index (κ3) is 13.5. The lowest BCUT2D eigenvalue weighted by Crippen LogP contribution is -2.28. The Hall–Kier alpha value is -9.14. The molecule has 0 aliphatic rings. The van der Waals surface area contributed by atoms with E-state index in [1.807, 2.05) is 78.9 Å². The minimum atomic E-state index is -1.21. The lowest BCUT2D eigenvalue weighted by molar-refractivity contribution is -0.385. The van der Waals surface area contributed by atoms with E-state index in [-0.39, 0.29) is 65.5 Å². The Balaban J connectivity index is 1.02. The Kier molecular flexibility index (Phi) is 17.0. The predicted octanol–water partition coefficient (Wildman–Crippen LogP) is 7.68. The first-order chi connectivity index (χ1) is 34.5. The number of carbonyl (C=O) groups is 2. The maximum atomic E-state index is 13.8. The molecule has 1 atom stereocenters. The molecule has 7 rings (SSSR count). The van der Waals surface area contributed by atoms with Gasteiger partial charge in [0.1, 0.15) is 29.6 Å². The number of nitrogens with one attached hydrogen (secondary N) is 5. The second kappa shape index (κ2) is 24.2. The molecule has 0 bridgehead atoms. The second-order valence-corrected chi connectivity index (χ2v) is 15.9. The van der Waals surface area contributed by atoms with Crippen molar-refractivity contribution in [2.75, 3.05) is 72.0 Å². The number of aromatic nitrogens is 6. The van der Waals surface area contributed by atoms with Gasteiger partial charge in [-0.25, -0.2) is 34.7 Å². The van der Waals surface area contributed by atoms with Crippen LogP contribution in [0.25, 0.3) is 22.5 Å². The van der Waals surface area contributed by atoms with E-state index in [0.717, 1.165) is 35.5 Å². The van der Waals surface area contributed by atoms with Gasteiger partial charge in [-0.2, -0.15) is 0 Å². The van der Waals surface area contributed by atoms with Gasteiger partial charge in [0.25, 0.3) is 11.4 Å². The topological polar surface area (TPSA) is 281 Å². The van der Waals surface area contributed by atoms with Gasteiger partial charge in [0.05, 0.1) is 26.9 Å². The van der Waals surface area contributed by atoms with Crippen LogP contribution in [0.3, 0.4) is 0 Å². The molecule has 4 aromatic heterocycles. The number of rotatable bonds is 25. The van der Waals surface area contributed by atoms with Crippen molar-refractivity contribution in [3.8, 4) is 22.5 Å². The molecule has 1 amide bonds. The first kappa shape index (κ1) is 49.8. The molecule has 0 aliphatic carbocycles. The fourth-order valence-electron chi connectivity index (χ4n) is 7.73. The van der Waals surface area contributed by atoms with Gasteiger partial charge in [-0.15, -0.1) is 0 Å². The zero-order chi connectivity index (χ0) is 50.1. The average molecular weight is 961 g/mol. The molecule has 364 valence electrons. The van der Waals surface area contributed by atoms with Gasteiger partial charge in [0, 0.05) is 99.7 Å². The van der Waals surface area contributed by atoms with E-state index in [9.17, 15) is 34.9 Å². The molecule has 0 fully saturated rings. The van der Waals surface area contributed by atoms with Crippen LogP contribution in [0.1, 0.15) is 53.4 Å². The number of hydrogen-bond acceptors (Lipinski definition) is 17. The normalized spacial score (nSPS) is 11.2. The smallest absolute Gasteiger partial charge is 0.339 e. The summed E-state index contributed by atoms with van der Waals surface area (Å²) in [6.07, 6.45) is 4.22. The van der Waals surface area contributed by atoms with E-state index in [1.54, 1.807) is 18.3 Å². The Morgan fingerprint density at radius 1 is 0.634 bits per heavy atom. The molecule has 71 heavy (non-hydrogen) atoms. The van der Waals surface area contributed by atoms with Crippen molar-refractivity contribution in [3.05, 3.63) is 170 Å². The molecule has 21 nitrogen and oxygen atoms in total. The van der Waals surface area contributed by atoms with Gasteiger partial charge < -0.3 is 36.6 Å². The Morgan fingerprint density at radius 3 is 1.77 bits per heavy atom. The highest BCUT2D eigenvalue weighted by Crippen LogP contribution is 2.31. The summed E-state index contributed by atoms with van der Waals surface area (Å²) in [5, 5.41) is 48.1. The van der Waals surface area contributed by atoms with Crippen LogP contribution in [0, 0.1) is 20.2 Å². The summed E-state index contributed by atoms with van der Waals surface area (Å²) in [6.45, 7) is 7.38. The Bertz CT molecular complexity index is 2910. The Morgan fingerprint density at radius 2 is 1.21 bits per heavy atom. The van der Waals surface area contributed by atoms with Gasteiger partial charge in [-0.05, 0) is 55.3 Å². The summed E-state index contributed by atoms with van der Waals surface area (Å²) in [7, 11) is 0. The van der Waals surface area contributed by atoms with Crippen molar-refractivity contribution in [1.82, 2.24) is 35.2 Å². The molecular weight excluding hydrogens is 909 g/mol. The maximum absolute atomic E-state index is 13.8. The summed E-state index contributed by atoms with van der Waals surface area (Å²) >= 11 is 0. The molecule has 0 spiro atoms. The number of nitro groups is 2. The van der Waals surface area contributed by atoms with Gasteiger partial charge >= 0.3 is 5.97 Å². The first-order valence-electron chi connectivity index (χ1n) is 22.9. The van der Waals surface area contributed by atoms with E-state index in [4.69, 9.17) is 0 Å². The van der Waals surface area contributed by atoms with Crippen molar-refractivity contribution in [2.45, 2.75) is 32.6 Å². The largest absolute Gasteiger partial charge is 0.478 e. The third-order valence-corrected chi connectivity index (χ3v) is 11.4. The molecule has 6 N–H and O–H groups in total. The first-order valence-corrected chi connectivity index (χ1v) is 22.9. The van der Waals surface area contributed by atoms with E-state index < -0.39 is 15.8 Å². The zero-order valence-electron chi connectivity index (χ0n) is 39.0. The van der Waals surface area contributed by atoms with Crippen LogP contribution < -0.4 is 31.5 Å². The number of carbonyl (C=O) groups excluding carboxylic acids is 1. The average Bonchev–Trinajstić information content (AvgIpc) is 3.39. The van der Waals surface area contributed by atoms with Gasteiger partial charge in [0.2, 0.25) is 17.8 Å². The second-order valence-electron chi connectivity index (χ2n) is 15.9. The van der Waals surface area contributed by atoms with E-state index >= 15 is 0 Å². The van der Waals surface area contributed by atoms with Gasteiger partial charge in [-0.3, -0.25) is 25.0 Å². The van der Waals surface area contributed by atoms with Crippen molar-refractivity contribution in [3.63, 3.8) is 0 Å². The Labute approximate surface area is 408 Å². The van der Waals surface area contributed by atoms with Crippen molar-refractivity contribution < 1.29 is 24.5 Å². The van der Waals surface area contributed by atoms with E-state index in [2.05, 4.69) is 75.2 Å². The van der Waals surface area contributed by atoms with E-state index in [1.165, 1.54) is 30.6 Å². The molecule has 0 radical (unpaired) electrons. The van der Waals surface area contributed by atoms with Crippen LogP contribution in [-0.4, -0.2) is 103 Å². The third-order valence-electron chi connectivity index (χ3n) is 11.4. The molecule has 0 saturated carbocycles. The number of carboxylic acid groups (broad SMARTS) is 1. The minimum absolute atomic E-state index is 0.0725. The fraction of sp³-hybridized carbons (Fsp3) is 0.240. The maximum Gasteiger partial charge on any atom is 0.339 e. The van der Waals surface area contributed by atoms with E-state index in [0.29, 0.717) is 55.0 Å². The number of benzene rings is 3. The monoisotopic (exact) mass is 960 g/mol. The highest BCUT2D eigenvalue weighted by atomic mass is 16.6. The number of aromatic carboxylic acids is 1. The van der Waals surface area contributed by atoms with Crippen LogP contribution in [0.2, 0.25) is 0 Å². The molecule has 21 heteroatoms. The number of amides is 1. The summed E-state index contributed by atoms with van der Waals surface area (Å²) in [5.41, 5.74) is 5.12. The molecule has 4 heterocycles. The molecule has 0 aliphatic heterocycles. The zero-order valence-corrected chi connectivity index (χ0v) is 39.0. The van der Waals surface area contributed by atoms with Crippen molar-refractivity contribution in [2.24, 2.45) is 0 Å². The molecule has 0 saturated heterocycles. The number of pyridine rings is 2. The van der Waals surface area contributed by atoms with Crippen LogP contribution in [0.4, 0.5) is 40.6 Å². The number of nitrogens with zero attached hydrogens (tertiary/aromatic N) is 9. The van der Waals surface area contributed by atoms with Crippen LogP contribution in [0.15, 0.2) is 128 Å². The van der Waals surface area contributed by atoms with Crippen LogP contribution in [-0.2, 0) is 11.2 Å². The summed E-state index contributed by atoms with van der Waals surface area (Å²) in [4.78, 5) is 76.4. The molecule has 1 unspecified atom stereocenters. The van der Waals surface area contributed by atoms with Gasteiger partial charge in [0.15, 0.2) is 0 Å².